The van der Waals surface area contributed by atoms with Gasteiger partial charge in [-0.05, 0) is 27.9 Å². The summed E-state index contributed by atoms with van der Waals surface area (Å²) in [5.74, 6) is 1.11. The molecule has 0 saturated carbocycles. The van der Waals surface area contributed by atoms with Crippen LogP contribution >= 0.6 is 27.5 Å². The molecule has 0 spiro atoms. The van der Waals surface area contributed by atoms with Gasteiger partial charge < -0.3 is 5.32 Å². The van der Waals surface area contributed by atoms with Crippen LogP contribution in [0.2, 0.25) is 0 Å². The summed E-state index contributed by atoms with van der Waals surface area (Å²) in [7, 11) is 0. The number of halogens is 2. The zero-order valence-corrected chi connectivity index (χ0v) is 12.0. The summed E-state index contributed by atoms with van der Waals surface area (Å²) < 4.78 is 0.860. The molecule has 0 saturated heterocycles. The van der Waals surface area contributed by atoms with E-state index in [-0.39, 0.29) is 6.04 Å². The Bertz CT molecular complexity index is 475. The first-order chi connectivity index (χ1) is 8.78. The van der Waals surface area contributed by atoms with E-state index in [1.807, 2.05) is 18.2 Å². The predicted octanol–water partition coefficient (Wildman–Crippen LogP) is 3.50. The summed E-state index contributed by atoms with van der Waals surface area (Å²) in [5, 5.41) is 3.23. The monoisotopic (exact) mass is 325 g/mol. The molecule has 0 radical (unpaired) electrons. The molecule has 3 nitrogen and oxygen atoms in total. The van der Waals surface area contributed by atoms with Gasteiger partial charge in [-0.3, -0.25) is 0 Å². The molecule has 1 heterocycles. The van der Waals surface area contributed by atoms with Crippen LogP contribution in [0.25, 0.3) is 0 Å². The van der Waals surface area contributed by atoms with Crippen molar-refractivity contribution in [2.75, 3.05) is 11.2 Å². The number of hydrogen-bond donors (Lipinski definition) is 1. The number of benzene rings is 1. The van der Waals surface area contributed by atoms with Crippen LogP contribution in [0.15, 0.2) is 47.2 Å². The van der Waals surface area contributed by atoms with Crippen LogP contribution in [-0.4, -0.2) is 21.9 Å². The minimum absolute atomic E-state index is 0.121. The highest BCUT2D eigenvalue weighted by atomic mass is 79.9. The largest absolute Gasteiger partial charge is 0.350 e. The molecule has 0 amide bonds. The molecule has 18 heavy (non-hydrogen) atoms. The van der Waals surface area contributed by atoms with E-state index < -0.39 is 0 Å². The van der Waals surface area contributed by atoms with Gasteiger partial charge in [-0.1, -0.05) is 30.3 Å². The summed E-state index contributed by atoms with van der Waals surface area (Å²) in [5.41, 5.74) is 1.24. The number of nitrogens with one attached hydrogen (secondary N) is 1. The first-order valence-electron chi connectivity index (χ1n) is 5.62. The second-order valence-corrected chi connectivity index (χ2v) is 5.13. The van der Waals surface area contributed by atoms with E-state index in [4.69, 9.17) is 11.6 Å². The first-order valence-corrected chi connectivity index (χ1v) is 6.94. The van der Waals surface area contributed by atoms with Crippen LogP contribution < -0.4 is 5.32 Å². The molecule has 1 aromatic heterocycles. The molecule has 2 rings (SSSR count). The Labute approximate surface area is 120 Å². The molecule has 94 valence electrons. The molecule has 2 aromatic rings. The van der Waals surface area contributed by atoms with Crippen molar-refractivity contribution < 1.29 is 0 Å². The number of rotatable bonds is 5. The van der Waals surface area contributed by atoms with E-state index in [2.05, 4.69) is 43.3 Å². The fourth-order valence-electron chi connectivity index (χ4n) is 1.61. The van der Waals surface area contributed by atoms with Crippen LogP contribution in [0.1, 0.15) is 5.56 Å². The lowest BCUT2D eigenvalue weighted by molar-refractivity contribution is 0.783. The van der Waals surface area contributed by atoms with Gasteiger partial charge in [0.05, 0.1) is 4.47 Å². The van der Waals surface area contributed by atoms with Crippen LogP contribution in [-0.2, 0) is 6.42 Å². The van der Waals surface area contributed by atoms with Crippen LogP contribution in [0.5, 0.6) is 0 Å². The van der Waals surface area contributed by atoms with Gasteiger partial charge in [0.1, 0.15) is 0 Å². The summed E-state index contributed by atoms with van der Waals surface area (Å²) in [6.45, 7) is 0. The highest BCUT2D eigenvalue weighted by molar-refractivity contribution is 9.10. The molecule has 1 unspecified atom stereocenters. The average Bonchev–Trinajstić information content (AvgIpc) is 2.41. The summed E-state index contributed by atoms with van der Waals surface area (Å²) in [6, 6.07) is 10.3. The molecular weight excluding hydrogens is 314 g/mol. The number of hydrogen-bond acceptors (Lipinski definition) is 3. The van der Waals surface area contributed by atoms with E-state index in [1.165, 1.54) is 5.56 Å². The second kappa shape index (κ2) is 6.71. The van der Waals surface area contributed by atoms with Gasteiger partial charge >= 0.3 is 0 Å². The van der Waals surface area contributed by atoms with E-state index >= 15 is 0 Å². The van der Waals surface area contributed by atoms with E-state index in [9.17, 15) is 0 Å². The Balaban J connectivity index is 1.99. The van der Waals surface area contributed by atoms with Crippen molar-refractivity contribution in [3.05, 3.63) is 52.8 Å². The van der Waals surface area contributed by atoms with Crippen LogP contribution in [0.4, 0.5) is 5.95 Å². The Kier molecular flexibility index (Phi) is 4.96. The molecule has 1 aromatic carbocycles. The van der Waals surface area contributed by atoms with Crippen molar-refractivity contribution in [2.45, 2.75) is 12.5 Å². The highest BCUT2D eigenvalue weighted by Crippen LogP contribution is 2.11. The predicted molar refractivity (Wildman–Crippen MR) is 78.0 cm³/mol. The first kappa shape index (κ1) is 13.3. The van der Waals surface area contributed by atoms with Crippen molar-refractivity contribution >= 4 is 33.5 Å². The fraction of sp³-hybridized carbons (Fsp3) is 0.231. The van der Waals surface area contributed by atoms with Gasteiger partial charge in [0.25, 0.3) is 0 Å². The van der Waals surface area contributed by atoms with Gasteiger partial charge in [0.15, 0.2) is 0 Å². The second-order valence-electron chi connectivity index (χ2n) is 3.91. The topological polar surface area (TPSA) is 37.8 Å². The van der Waals surface area contributed by atoms with Gasteiger partial charge in [-0.2, -0.15) is 0 Å². The molecule has 1 N–H and O–H groups in total. The minimum Gasteiger partial charge on any atom is -0.350 e. The maximum absolute atomic E-state index is 5.97. The van der Waals surface area contributed by atoms with Crippen molar-refractivity contribution in [1.82, 2.24) is 9.97 Å². The van der Waals surface area contributed by atoms with Gasteiger partial charge in [0.2, 0.25) is 5.95 Å². The van der Waals surface area contributed by atoms with Crippen molar-refractivity contribution in [2.24, 2.45) is 0 Å². The summed E-state index contributed by atoms with van der Waals surface area (Å²) in [4.78, 5) is 8.36. The van der Waals surface area contributed by atoms with Crippen molar-refractivity contribution in [3.63, 3.8) is 0 Å². The summed E-state index contributed by atoms with van der Waals surface area (Å²) in [6.07, 6.45) is 4.27. The lowest BCUT2D eigenvalue weighted by atomic mass is 10.1. The summed E-state index contributed by atoms with van der Waals surface area (Å²) >= 11 is 9.27. The molecule has 0 fully saturated rings. The molecule has 0 aliphatic rings. The molecule has 0 bridgehead atoms. The standard InChI is InChI=1S/C13H13BrClN3/c14-11-8-16-13(17-9-11)18-12(7-15)6-10-4-2-1-3-5-10/h1-5,8-9,12H,6-7H2,(H,16,17,18). The maximum atomic E-state index is 5.97. The third kappa shape index (κ3) is 3.96. The number of nitrogens with zero attached hydrogens (tertiary/aromatic N) is 2. The highest BCUT2D eigenvalue weighted by Gasteiger charge is 2.09. The number of alkyl halides is 1. The minimum atomic E-state index is 0.121. The lowest BCUT2D eigenvalue weighted by Crippen LogP contribution is -2.25. The quantitative estimate of drug-likeness (QED) is 0.855. The zero-order valence-electron chi connectivity index (χ0n) is 9.68. The van der Waals surface area contributed by atoms with E-state index in [0.29, 0.717) is 11.8 Å². The Morgan fingerprint density at radius 1 is 1.17 bits per heavy atom. The van der Waals surface area contributed by atoms with Gasteiger partial charge in [-0.25, -0.2) is 9.97 Å². The van der Waals surface area contributed by atoms with Crippen LogP contribution in [0.3, 0.4) is 0 Å². The molecule has 1 atom stereocenters. The zero-order chi connectivity index (χ0) is 12.8. The van der Waals surface area contributed by atoms with E-state index in [0.717, 1.165) is 10.9 Å². The fourth-order valence-corrected chi connectivity index (χ4v) is 2.00. The van der Waals surface area contributed by atoms with E-state index in [1.54, 1.807) is 12.4 Å². The molecular formula is C13H13BrClN3. The molecule has 0 aliphatic carbocycles. The molecule has 5 heteroatoms. The smallest absolute Gasteiger partial charge is 0.222 e. The normalized spacial score (nSPS) is 12.1. The van der Waals surface area contributed by atoms with Crippen LogP contribution in [0, 0.1) is 0 Å². The number of anilines is 1. The lowest BCUT2D eigenvalue weighted by Gasteiger charge is -2.15. The average molecular weight is 327 g/mol. The van der Waals surface area contributed by atoms with Gasteiger partial charge in [-0.15, -0.1) is 11.6 Å². The Morgan fingerprint density at radius 3 is 2.44 bits per heavy atom. The maximum Gasteiger partial charge on any atom is 0.222 e. The van der Waals surface area contributed by atoms with Crippen molar-refractivity contribution in [3.8, 4) is 0 Å². The third-order valence-electron chi connectivity index (χ3n) is 2.46. The molecule has 0 aliphatic heterocycles. The number of aromatic nitrogens is 2. The van der Waals surface area contributed by atoms with Crippen molar-refractivity contribution in [1.29, 1.82) is 0 Å². The third-order valence-corrected chi connectivity index (χ3v) is 3.25. The van der Waals surface area contributed by atoms with Gasteiger partial charge in [0, 0.05) is 24.3 Å². The SMILES string of the molecule is ClCC(Cc1ccccc1)Nc1ncc(Br)cn1. The Morgan fingerprint density at radius 2 is 1.83 bits per heavy atom. The Hall–Kier alpha value is -1.13.